The van der Waals surface area contributed by atoms with Crippen molar-refractivity contribution in [3.05, 3.63) is 65.1 Å². The van der Waals surface area contributed by atoms with Crippen molar-refractivity contribution in [2.75, 3.05) is 13.1 Å². The van der Waals surface area contributed by atoms with Crippen LogP contribution < -0.4 is 0 Å². The van der Waals surface area contributed by atoms with Crippen LogP contribution in [0.5, 0.6) is 0 Å². The Morgan fingerprint density at radius 2 is 1.78 bits per heavy atom. The average molecular weight is 542 g/mol. The minimum atomic E-state index is -4.00. The summed E-state index contributed by atoms with van der Waals surface area (Å²) in [6, 6.07) is 10.0. The molecule has 3 aromatic heterocycles. The summed E-state index contributed by atoms with van der Waals surface area (Å²) in [7, 11) is -4.00. The molecule has 1 fully saturated rings. The van der Waals surface area contributed by atoms with Gasteiger partial charge in [-0.15, -0.1) is 0 Å². The maximum atomic E-state index is 13.9. The van der Waals surface area contributed by atoms with Crippen LogP contribution in [0.15, 0.2) is 53.7 Å². The zero-order valence-corrected chi connectivity index (χ0v) is 22.8. The van der Waals surface area contributed by atoms with E-state index in [1.165, 1.54) is 10.2 Å². The van der Waals surface area contributed by atoms with Crippen molar-refractivity contribution in [2.45, 2.75) is 51.2 Å². The molecule has 5 rings (SSSR count). The molecule has 0 bridgehead atoms. The second-order valence-electron chi connectivity index (χ2n) is 10.3. The van der Waals surface area contributed by atoms with Crippen LogP contribution in [-0.2, 0) is 14.8 Å². The van der Waals surface area contributed by atoms with Crippen molar-refractivity contribution in [1.82, 2.24) is 23.6 Å². The van der Waals surface area contributed by atoms with Gasteiger partial charge in [0.2, 0.25) is 0 Å². The van der Waals surface area contributed by atoms with Crippen LogP contribution in [0.4, 0.5) is 4.79 Å². The third-order valence-electron chi connectivity index (χ3n) is 6.25. The maximum Gasteiger partial charge on any atom is 0.410 e. The molecular formula is C26H28ClN5O4S. The number of carbonyl (C=O) groups is 1. The van der Waals surface area contributed by atoms with E-state index in [9.17, 15) is 13.2 Å². The molecule has 0 aliphatic carbocycles. The molecule has 0 saturated carbocycles. The molecule has 1 aromatic carbocycles. The van der Waals surface area contributed by atoms with Crippen molar-refractivity contribution in [2.24, 2.45) is 0 Å². The lowest BCUT2D eigenvalue weighted by Crippen LogP contribution is -2.52. The molecule has 0 N–H and O–H groups in total. The van der Waals surface area contributed by atoms with Gasteiger partial charge in [0, 0.05) is 36.4 Å². The van der Waals surface area contributed by atoms with E-state index in [-0.39, 0.29) is 22.7 Å². The van der Waals surface area contributed by atoms with Crippen LogP contribution in [0.3, 0.4) is 0 Å². The molecule has 0 spiro atoms. The topological polar surface area (TPSA) is 99.3 Å². The molecule has 1 amide bonds. The van der Waals surface area contributed by atoms with Crippen molar-refractivity contribution >= 4 is 38.8 Å². The van der Waals surface area contributed by atoms with Gasteiger partial charge in [0.25, 0.3) is 10.0 Å². The highest BCUT2D eigenvalue weighted by Crippen LogP contribution is 2.36. The third kappa shape index (κ3) is 4.59. The van der Waals surface area contributed by atoms with E-state index in [4.69, 9.17) is 16.3 Å². The van der Waals surface area contributed by atoms with Crippen LogP contribution in [0.1, 0.15) is 38.1 Å². The van der Waals surface area contributed by atoms with Gasteiger partial charge in [-0.1, -0.05) is 29.3 Å². The monoisotopic (exact) mass is 541 g/mol. The molecule has 4 aromatic rings. The fourth-order valence-electron chi connectivity index (χ4n) is 4.31. The van der Waals surface area contributed by atoms with E-state index in [0.29, 0.717) is 40.4 Å². The molecule has 1 aliphatic rings. The van der Waals surface area contributed by atoms with E-state index in [1.807, 2.05) is 40.8 Å². The van der Waals surface area contributed by atoms with Crippen LogP contribution in [0.2, 0.25) is 5.02 Å². The van der Waals surface area contributed by atoms with Crippen LogP contribution >= 0.6 is 11.6 Å². The van der Waals surface area contributed by atoms with Crippen LogP contribution in [0.25, 0.3) is 22.3 Å². The SMILES string of the molecule is Cc1ccc(S(=O)(=O)n2c(-c3cn(C4CN(C(=O)OC(C)(C)C)C4)nc3C)cc3c(Cl)ccnc32)cc1. The number of carbonyl (C=O) groups excluding carboxylic acids is 1. The van der Waals surface area contributed by atoms with Gasteiger partial charge in [-0.2, -0.15) is 5.10 Å². The summed E-state index contributed by atoms with van der Waals surface area (Å²) >= 11 is 6.45. The quantitative estimate of drug-likeness (QED) is 0.352. The smallest absolute Gasteiger partial charge is 0.410 e. The largest absolute Gasteiger partial charge is 0.444 e. The Balaban J connectivity index is 1.55. The summed E-state index contributed by atoms with van der Waals surface area (Å²) < 4.78 is 36.2. The summed E-state index contributed by atoms with van der Waals surface area (Å²) in [4.78, 5) is 18.5. The van der Waals surface area contributed by atoms with Crippen molar-refractivity contribution in [3.63, 3.8) is 0 Å². The lowest BCUT2D eigenvalue weighted by molar-refractivity contribution is -0.000408. The first-order chi connectivity index (χ1) is 17.3. The Kier molecular flexibility index (Phi) is 6.07. The van der Waals surface area contributed by atoms with Crippen LogP contribution in [-0.4, -0.2) is 56.8 Å². The van der Waals surface area contributed by atoms with E-state index in [1.54, 1.807) is 46.0 Å². The highest BCUT2D eigenvalue weighted by Gasteiger charge is 2.36. The summed E-state index contributed by atoms with van der Waals surface area (Å²) in [5.41, 5.74) is 2.34. The zero-order valence-electron chi connectivity index (χ0n) is 21.3. The number of benzene rings is 1. The Morgan fingerprint density at radius 3 is 2.43 bits per heavy atom. The normalized spacial score (nSPS) is 14.7. The number of hydrogen-bond acceptors (Lipinski definition) is 6. The van der Waals surface area contributed by atoms with Crippen LogP contribution in [0, 0.1) is 13.8 Å². The molecule has 37 heavy (non-hydrogen) atoms. The molecule has 0 atom stereocenters. The Morgan fingerprint density at radius 1 is 1.11 bits per heavy atom. The number of fused-ring (bicyclic) bond motifs is 1. The standard InChI is InChI=1S/C26H28ClN5O4S/c1-16-6-8-19(9-7-16)37(34,35)32-23(12-20-22(27)10-11-28-24(20)32)21-15-31(29-17(21)2)18-13-30(14-18)25(33)36-26(3,4)5/h6-12,15,18H,13-14H2,1-5H3. The summed E-state index contributed by atoms with van der Waals surface area (Å²) in [5, 5.41) is 5.59. The first-order valence-electron chi connectivity index (χ1n) is 11.9. The Bertz CT molecular complexity index is 1610. The molecule has 0 radical (unpaired) electrons. The highest BCUT2D eigenvalue weighted by molar-refractivity contribution is 7.90. The Hall–Kier alpha value is -3.37. The maximum absolute atomic E-state index is 13.9. The second-order valence-corrected chi connectivity index (χ2v) is 12.5. The van der Waals surface area contributed by atoms with E-state index < -0.39 is 15.6 Å². The lowest BCUT2D eigenvalue weighted by Gasteiger charge is -2.39. The van der Waals surface area contributed by atoms with Gasteiger partial charge >= 0.3 is 6.09 Å². The van der Waals surface area contributed by atoms with Gasteiger partial charge in [-0.25, -0.2) is 22.2 Å². The molecule has 0 unspecified atom stereocenters. The number of likely N-dealkylation sites (tertiary alicyclic amines) is 1. The van der Waals surface area contributed by atoms with Gasteiger partial charge in [0.05, 0.1) is 27.3 Å². The Labute approximate surface area is 220 Å². The van der Waals surface area contributed by atoms with Gasteiger partial charge in [0.1, 0.15) is 5.60 Å². The predicted octanol–water partition coefficient (Wildman–Crippen LogP) is 5.20. The van der Waals surface area contributed by atoms with Gasteiger partial charge < -0.3 is 9.64 Å². The average Bonchev–Trinajstić information content (AvgIpc) is 3.33. The van der Waals surface area contributed by atoms with E-state index in [2.05, 4.69) is 10.1 Å². The molecule has 9 nitrogen and oxygen atoms in total. The predicted molar refractivity (Wildman–Crippen MR) is 141 cm³/mol. The minimum Gasteiger partial charge on any atom is -0.444 e. The third-order valence-corrected chi connectivity index (χ3v) is 8.30. The number of pyridine rings is 1. The molecule has 4 heterocycles. The number of aryl methyl sites for hydroxylation is 2. The highest BCUT2D eigenvalue weighted by atomic mass is 35.5. The first-order valence-corrected chi connectivity index (χ1v) is 13.7. The fourth-order valence-corrected chi connectivity index (χ4v) is 5.98. The first kappa shape index (κ1) is 25.3. The molecule has 1 aliphatic heterocycles. The number of amides is 1. The number of hydrogen-bond donors (Lipinski definition) is 0. The van der Waals surface area contributed by atoms with Gasteiger partial charge in [-0.05, 0) is 58.9 Å². The molecule has 11 heteroatoms. The summed E-state index contributed by atoms with van der Waals surface area (Å²) in [6.45, 7) is 10.1. The molecule has 1 saturated heterocycles. The van der Waals surface area contributed by atoms with Gasteiger partial charge in [0.15, 0.2) is 5.65 Å². The number of ether oxygens (including phenoxy) is 1. The number of rotatable bonds is 4. The number of nitrogens with zero attached hydrogens (tertiary/aromatic N) is 5. The summed E-state index contributed by atoms with van der Waals surface area (Å²) in [6.07, 6.45) is 2.94. The van der Waals surface area contributed by atoms with Crippen molar-refractivity contribution in [1.29, 1.82) is 0 Å². The second kappa shape index (κ2) is 8.88. The summed E-state index contributed by atoms with van der Waals surface area (Å²) in [5.74, 6) is 0. The lowest BCUT2D eigenvalue weighted by atomic mass is 10.1. The minimum absolute atomic E-state index is 0.0479. The fraction of sp³-hybridized carbons (Fsp3) is 0.346. The number of halogens is 1. The molecule has 194 valence electrons. The molecular weight excluding hydrogens is 514 g/mol. The van der Waals surface area contributed by atoms with Crippen molar-refractivity contribution < 1.29 is 17.9 Å². The number of aromatic nitrogens is 4. The van der Waals surface area contributed by atoms with Crippen molar-refractivity contribution in [3.8, 4) is 11.3 Å². The van der Waals surface area contributed by atoms with Gasteiger partial charge in [-0.3, -0.25) is 4.68 Å². The zero-order chi connectivity index (χ0) is 26.7. The van der Waals surface area contributed by atoms with E-state index in [0.717, 1.165) is 5.56 Å². The van der Waals surface area contributed by atoms with E-state index >= 15 is 0 Å².